The van der Waals surface area contributed by atoms with Crippen LogP contribution in [0.2, 0.25) is 0 Å². The number of aromatic nitrogens is 2. The molecule has 0 amide bonds. The van der Waals surface area contributed by atoms with Crippen LogP contribution in [0.25, 0.3) is 0 Å². The first kappa shape index (κ1) is 17.4. The van der Waals surface area contributed by atoms with Gasteiger partial charge in [0.05, 0.1) is 24.5 Å². The average Bonchev–Trinajstić information content (AvgIpc) is 2.91. The van der Waals surface area contributed by atoms with Gasteiger partial charge in [0.1, 0.15) is 10.7 Å². The molecular weight excluding hydrogens is 323 g/mol. The third-order valence-electron chi connectivity index (χ3n) is 3.09. The molecule has 0 spiro atoms. The molecule has 0 saturated heterocycles. The van der Waals surface area contributed by atoms with Gasteiger partial charge in [0.2, 0.25) is 10.0 Å². The molecule has 2 rings (SSSR count). The minimum Gasteiger partial charge on any atom is -0.395 e. The number of anilines is 1. The van der Waals surface area contributed by atoms with Gasteiger partial charge in [0.25, 0.3) is 0 Å². The maximum atomic E-state index is 13.5. The standard InChI is InChI=1S/C14H19FN4O3S/c1-10(9-20)18-23(21,22)14-7-11(15)3-4-13(14)16-8-12-5-6-19(2)17-12/h3-7,10,16,18,20H,8-9H2,1-2H3/t10-/m0/s1. The Morgan fingerprint density at radius 1 is 1.39 bits per heavy atom. The molecule has 23 heavy (non-hydrogen) atoms. The third kappa shape index (κ3) is 4.50. The lowest BCUT2D eigenvalue weighted by atomic mass is 10.3. The first-order valence-corrected chi connectivity index (χ1v) is 8.45. The van der Waals surface area contributed by atoms with Crippen LogP contribution in [0.1, 0.15) is 12.6 Å². The van der Waals surface area contributed by atoms with Gasteiger partial charge in [-0.15, -0.1) is 0 Å². The van der Waals surface area contributed by atoms with E-state index in [1.54, 1.807) is 24.0 Å². The lowest BCUT2D eigenvalue weighted by Gasteiger charge is -2.15. The van der Waals surface area contributed by atoms with Crippen molar-refractivity contribution in [3.63, 3.8) is 0 Å². The van der Waals surface area contributed by atoms with Gasteiger partial charge >= 0.3 is 0 Å². The van der Waals surface area contributed by atoms with Crippen molar-refractivity contribution in [2.24, 2.45) is 7.05 Å². The van der Waals surface area contributed by atoms with Gasteiger partial charge in [0.15, 0.2) is 0 Å². The molecule has 0 bridgehead atoms. The van der Waals surface area contributed by atoms with Gasteiger partial charge in [-0.3, -0.25) is 4.68 Å². The summed E-state index contributed by atoms with van der Waals surface area (Å²) in [6, 6.07) is 4.59. The van der Waals surface area contributed by atoms with Crippen LogP contribution in [0.3, 0.4) is 0 Å². The Kier molecular flexibility index (Phi) is 5.34. The first-order valence-electron chi connectivity index (χ1n) is 6.97. The Morgan fingerprint density at radius 2 is 2.13 bits per heavy atom. The van der Waals surface area contributed by atoms with Gasteiger partial charge in [-0.1, -0.05) is 0 Å². The Hall–Kier alpha value is -1.97. The van der Waals surface area contributed by atoms with Crippen molar-refractivity contribution in [2.75, 3.05) is 11.9 Å². The molecule has 1 aromatic heterocycles. The molecule has 126 valence electrons. The van der Waals surface area contributed by atoms with E-state index in [1.165, 1.54) is 19.1 Å². The monoisotopic (exact) mass is 342 g/mol. The van der Waals surface area contributed by atoms with Crippen LogP contribution in [0.5, 0.6) is 0 Å². The van der Waals surface area contributed by atoms with Crippen molar-refractivity contribution < 1.29 is 17.9 Å². The first-order chi connectivity index (χ1) is 10.8. The van der Waals surface area contributed by atoms with Crippen LogP contribution in [-0.2, 0) is 23.6 Å². The summed E-state index contributed by atoms with van der Waals surface area (Å²) in [6.07, 6.45) is 1.77. The molecule has 1 atom stereocenters. The van der Waals surface area contributed by atoms with E-state index in [1.807, 2.05) is 0 Å². The molecule has 1 aromatic carbocycles. The van der Waals surface area contributed by atoms with E-state index in [4.69, 9.17) is 5.11 Å². The predicted octanol–water partition coefficient (Wildman–Crippen LogP) is 0.830. The lowest BCUT2D eigenvalue weighted by Crippen LogP contribution is -2.35. The highest BCUT2D eigenvalue weighted by Gasteiger charge is 2.21. The Labute approximate surface area is 134 Å². The molecule has 3 N–H and O–H groups in total. The van der Waals surface area contributed by atoms with E-state index in [-0.39, 0.29) is 17.2 Å². The zero-order valence-corrected chi connectivity index (χ0v) is 13.6. The number of aliphatic hydroxyl groups excluding tert-OH is 1. The second-order valence-electron chi connectivity index (χ2n) is 5.18. The summed E-state index contributed by atoms with van der Waals surface area (Å²) in [5, 5.41) is 16.1. The second kappa shape index (κ2) is 7.07. The fraction of sp³-hybridized carbons (Fsp3) is 0.357. The molecule has 0 radical (unpaired) electrons. The number of halogens is 1. The number of aryl methyl sites for hydroxylation is 1. The Bertz CT molecular complexity index is 776. The highest BCUT2D eigenvalue weighted by molar-refractivity contribution is 7.89. The summed E-state index contributed by atoms with van der Waals surface area (Å²) in [5.41, 5.74) is 0.978. The molecule has 0 aliphatic rings. The number of benzene rings is 1. The molecule has 9 heteroatoms. The number of hydrogen-bond donors (Lipinski definition) is 3. The molecular formula is C14H19FN4O3S. The van der Waals surface area contributed by atoms with E-state index in [0.29, 0.717) is 6.54 Å². The van der Waals surface area contributed by atoms with Crippen molar-refractivity contribution in [1.82, 2.24) is 14.5 Å². The van der Waals surface area contributed by atoms with E-state index in [9.17, 15) is 12.8 Å². The normalized spacial score (nSPS) is 13.0. The van der Waals surface area contributed by atoms with Crippen LogP contribution in [0, 0.1) is 5.82 Å². The van der Waals surface area contributed by atoms with Crippen molar-refractivity contribution in [2.45, 2.75) is 24.4 Å². The molecule has 0 fully saturated rings. The number of rotatable bonds is 7. The molecule has 0 aliphatic carbocycles. The molecule has 7 nitrogen and oxygen atoms in total. The summed E-state index contributed by atoms with van der Waals surface area (Å²) in [7, 11) is -2.19. The largest absolute Gasteiger partial charge is 0.395 e. The fourth-order valence-electron chi connectivity index (χ4n) is 1.97. The number of aliphatic hydroxyl groups is 1. The Balaban J connectivity index is 2.26. The van der Waals surface area contributed by atoms with Crippen LogP contribution < -0.4 is 10.0 Å². The fourth-order valence-corrected chi connectivity index (χ4v) is 3.40. The molecule has 1 heterocycles. The second-order valence-corrected chi connectivity index (χ2v) is 6.86. The molecule has 0 aliphatic heterocycles. The van der Waals surface area contributed by atoms with Crippen LogP contribution in [-0.4, -0.2) is 36.0 Å². The summed E-state index contributed by atoms with van der Waals surface area (Å²) in [4.78, 5) is -0.214. The van der Waals surface area contributed by atoms with Crippen LogP contribution >= 0.6 is 0 Å². The third-order valence-corrected chi connectivity index (χ3v) is 4.72. The zero-order chi connectivity index (χ0) is 17.0. The molecule has 0 unspecified atom stereocenters. The van der Waals surface area contributed by atoms with Crippen LogP contribution in [0.4, 0.5) is 10.1 Å². The number of hydrogen-bond acceptors (Lipinski definition) is 5. The summed E-state index contributed by atoms with van der Waals surface area (Å²) < 4.78 is 42.1. The molecule has 2 aromatic rings. The highest BCUT2D eigenvalue weighted by atomic mass is 32.2. The number of nitrogens with one attached hydrogen (secondary N) is 2. The quantitative estimate of drug-likeness (QED) is 0.693. The van der Waals surface area contributed by atoms with E-state index < -0.39 is 21.9 Å². The van der Waals surface area contributed by atoms with Crippen molar-refractivity contribution in [1.29, 1.82) is 0 Å². The van der Waals surface area contributed by atoms with Crippen LogP contribution in [0.15, 0.2) is 35.4 Å². The van der Waals surface area contributed by atoms with E-state index in [0.717, 1.165) is 11.8 Å². The maximum absolute atomic E-state index is 13.5. The minimum atomic E-state index is -3.96. The van der Waals surface area contributed by atoms with Gasteiger partial charge in [-0.2, -0.15) is 5.10 Å². The number of sulfonamides is 1. The van der Waals surface area contributed by atoms with Gasteiger partial charge in [-0.25, -0.2) is 17.5 Å². The summed E-state index contributed by atoms with van der Waals surface area (Å²) in [6.45, 7) is 1.45. The van der Waals surface area contributed by atoms with Crippen molar-refractivity contribution in [3.05, 3.63) is 42.0 Å². The smallest absolute Gasteiger partial charge is 0.243 e. The summed E-state index contributed by atoms with van der Waals surface area (Å²) >= 11 is 0. The maximum Gasteiger partial charge on any atom is 0.243 e. The Morgan fingerprint density at radius 3 is 2.74 bits per heavy atom. The van der Waals surface area contributed by atoms with E-state index >= 15 is 0 Å². The van der Waals surface area contributed by atoms with Gasteiger partial charge in [-0.05, 0) is 31.2 Å². The summed E-state index contributed by atoms with van der Waals surface area (Å²) in [5.74, 6) is -0.662. The van der Waals surface area contributed by atoms with Gasteiger partial charge in [0, 0.05) is 19.3 Å². The SMILES string of the molecule is C[C@@H](CO)NS(=O)(=O)c1cc(F)ccc1NCc1ccn(C)n1. The molecule has 0 saturated carbocycles. The topological polar surface area (TPSA) is 96.3 Å². The highest BCUT2D eigenvalue weighted by Crippen LogP contribution is 2.23. The zero-order valence-electron chi connectivity index (χ0n) is 12.8. The van der Waals surface area contributed by atoms with Crippen molar-refractivity contribution >= 4 is 15.7 Å². The van der Waals surface area contributed by atoms with Gasteiger partial charge < -0.3 is 10.4 Å². The van der Waals surface area contributed by atoms with E-state index in [2.05, 4.69) is 15.1 Å². The lowest BCUT2D eigenvalue weighted by molar-refractivity contribution is 0.265. The average molecular weight is 342 g/mol. The predicted molar refractivity (Wildman–Crippen MR) is 83.8 cm³/mol. The minimum absolute atomic E-state index is 0.214. The van der Waals surface area contributed by atoms with Crippen molar-refractivity contribution in [3.8, 4) is 0 Å². The number of nitrogens with zero attached hydrogens (tertiary/aromatic N) is 2.